The molecule has 1 unspecified atom stereocenters. The smallest absolute Gasteiger partial charge is 0.497 e. The van der Waals surface area contributed by atoms with E-state index in [1.165, 1.54) is 7.11 Å². The van der Waals surface area contributed by atoms with Crippen molar-refractivity contribution in [2.24, 2.45) is 0 Å². The number of rotatable bonds is 6. The molecular formula is C20H20O5. The molecule has 0 N–H and O–H groups in total. The van der Waals surface area contributed by atoms with Gasteiger partial charge in [0.1, 0.15) is 12.4 Å². The van der Waals surface area contributed by atoms with Crippen molar-refractivity contribution in [1.82, 2.24) is 0 Å². The molecule has 0 heterocycles. The number of ether oxygens (including phenoxy) is 4. The van der Waals surface area contributed by atoms with Crippen LogP contribution in [0, 0.1) is 11.8 Å². The van der Waals surface area contributed by atoms with Gasteiger partial charge in [0.15, 0.2) is 6.10 Å². The highest BCUT2D eigenvalue weighted by Crippen LogP contribution is 2.20. The molecule has 0 aliphatic rings. The topological polar surface area (TPSA) is 54.0 Å². The van der Waals surface area contributed by atoms with Gasteiger partial charge in [-0.05, 0) is 17.7 Å². The maximum absolute atomic E-state index is 11.4. The lowest BCUT2D eigenvalue weighted by molar-refractivity contribution is 0.0548. The summed E-state index contributed by atoms with van der Waals surface area (Å²) in [4.78, 5) is 11.4. The molecule has 0 aliphatic heterocycles. The van der Waals surface area contributed by atoms with Gasteiger partial charge in [0.25, 0.3) is 0 Å². The number of hydrogen-bond donors (Lipinski definition) is 0. The number of hydrogen-bond acceptors (Lipinski definition) is 5. The van der Waals surface area contributed by atoms with E-state index in [1.807, 2.05) is 30.3 Å². The highest BCUT2D eigenvalue weighted by Gasteiger charge is 2.14. The Bertz CT molecular complexity index is 713. The quantitative estimate of drug-likeness (QED) is 0.455. The van der Waals surface area contributed by atoms with Gasteiger partial charge in [-0.15, -0.1) is 0 Å². The van der Waals surface area contributed by atoms with Gasteiger partial charge in [0.05, 0.1) is 20.8 Å². The maximum atomic E-state index is 11.4. The molecule has 0 saturated heterocycles. The van der Waals surface area contributed by atoms with Crippen LogP contribution in [0.2, 0.25) is 0 Å². The summed E-state index contributed by atoms with van der Waals surface area (Å²) >= 11 is 0. The summed E-state index contributed by atoms with van der Waals surface area (Å²) in [5.41, 5.74) is 1.79. The normalized spacial score (nSPS) is 11.0. The maximum Gasteiger partial charge on any atom is 0.509 e. The van der Waals surface area contributed by atoms with Gasteiger partial charge in [0.2, 0.25) is 0 Å². The molecule has 0 aliphatic carbocycles. The van der Waals surface area contributed by atoms with Crippen LogP contribution in [0.4, 0.5) is 4.79 Å². The molecule has 0 spiro atoms. The fourth-order valence-corrected chi connectivity index (χ4v) is 2.03. The monoisotopic (exact) mass is 340 g/mol. The molecule has 2 aromatic carbocycles. The van der Waals surface area contributed by atoms with E-state index in [0.717, 1.165) is 11.1 Å². The van der Waals surface area contributed by atoms with Crippen molar-refractivity contribution < 1.29 is 23.7 Å². The van der Waals surface area contributed by atoms with Crippen LogP contribution in [0.5, 0.6) is 5.75 Å². The molecule has 5 heteroatoms. The molecule has 2 rings (SSSR count). The number of methoxy groups -OCH3 is 2. The zero-order valence-corrected chi connectivity index (χ0v) is 14.2. The third kappa shape index (κ3) is 6.21. The Labute approximate surface area is 147 Å². The molecule has 1 atom stereocenters. The third-order valence-corrected chi connectivity index (χ3v) is 3.32. The zero-order valence-electron chi connectivity index (χ0n) is 14.2. The molecule has 0 amide bonds. The predicted molar refractivity (Wildman–Crippen MR) is 93.1 cm³/mol. The van der Waals surface area contributed by atoms with Crippen molar-refractivity contribution in [3.63, 3.8) is 0 Å². The van der Waals surface area contributed by atoms with Crippen LogP contribution >= 0.6 is 0 Å². The Morgan fingerprint density at radius 3 is 2.40 bits per heavy atom. The second kappa shape index (κ2) is 10.0. The summed E-state index contributed by atoms with van der Waals surface area (Å²) in [7, 11) is 2.84. The average Bonchev–Trinajstić information content (AvgIpc) is 2.67. The first-order valence-corrected chi connectivity index (χ1v) is 7.71. The molecule has 130 valence electrons. The zero-order chi connectivity index (χ0) is 17.9. The highest BCUT2D eigenvalue weighted by molar-refractivity contribution is 5.60. The summed E-state index contributed by atoms with van der Waals surface area (Å²) in [6.45, 7) is 0.701. The largest absolute Gasteiger partial charge is 0.509 e. The molecule has 0 fully saturated rings. The van der Waals surface area contributed by atoms with E-state index < -0.39 is 12.3 Å². The summed E-state index contributed by atoms with van der Waals surface area (Å²) in [5.74, 6) is 6.47. The van der Waals surface area contributed by atoms with Gasteiger partial charge in [-0.2, -0.15) is 0 Å². The van der Waals surface area contributed by atoms with Crippen LogP contribution in [0.3, 0.4) is 0 Å². The minimum atomic E-state index is -0.791. The molecule has 5 nitrogen and oxygen atoms in total. The standard InChI is InChI=1S/C20H20O5/c1-22-18-12-10-17(11-13-18)19(25-20(21)23-2)9-6-14-24-15-16-7-4-3-5-8-16/h3-5,7-8,10-13,19H,14-15H2,1-2H3. The first kappa shape index (κ1) is 18.4. The van der Waals surface area contributed by atoms with E-state index in [-0.39, 0.29) is 6.61 Å². The lowest BCUT2D eigenvalue weighted by Gasteiger charge is -2.12. The van der Waals surface area contributed by atoms with Crippen molar-refractivity contribution in [2.75, 3.05) is 20.8 Å². The summed E-state index contributed by atoms with van der Waals surface area (Å²) in [5, 5.41) is 0. The Kier molecular flexibility index (Phi) is 7.36. The van der Waals surface area contributed by atoms with Crippen LogP contribution in [-0.2, 0) is 20.8 Å². The van der Waals surface area contributed by atoms with E-state index in [1.54, 1.807) is 31.4 Å². The molecular weight excluding hydrogens is 320 g/mol. The van der Waals surface area contributed by atoms with Gasteiger partial charge in [-0.25, -0.2) is 4.79 Å². The Hall–Kier alpha value is -2.97. The number of carbonyl (C=O) groups is 1. The number of carbonyl (C=O) groups excluding carboxylic acids is 1. The van der Waals surface area contributed by atoms with Gasteiger partial charge in [-0.1, -0.05) is 54.3 Å². The van der Waals surface area contributed by atoms with Gasteiger partial charge in [0, 0.05) is 5.56 Å². The van der Waals surface area contributed by atoms with Crippen molar-refractivity contribution in [3.8, 4) is 17.6 Å². The van der Waals surface area contributed by atoms with Crippen LogP contribution < -0.4 is 4.74 Å². The fourth-order valence-electron chi connectivity index (χ4n) is 2.03. The second-order valence-corrected chi connectivity index (χ2v) is 5.02. The van der Waals surface area contributed by atoms with Crippen molar-refractivity contribution in [2.45, 2.75) is 12.7 Å². The lowest BCUT2D eigenvalue weighted by Crippen LogP contribution is -2.10. The Morgan fingerprint density at radius 2 is 1.76 bits per heavy atom. The molecule has 0 saturated carbocycles. The van der Waals surface area contributed by atoms with Crippen LogP contribution in [-0.4, -0.2) is 27.0 Å². The fraction of sp³-hybridized carbons (Fsp3) is 0.250. The van der Waals surface area contributed by atoms with E-state index in [9.17, 15) is 4.79 Å². The first-order chi connectivity index (χ1) is 12.2. The van der Waals surface area contributed by atoms with Gasteiger partial charge in [-0.3, -0.25) is 0 Å². The van der Waals surface area contributed by atoms with Crippen molar-refractivity contribution in [1.29, 1.82) is 0 Å². The van der Waals surface area contributed by atoms with Crippen LogP contribution in [0.15, 0.2) is 54.6 Å². The lowest BCUT2D eigenvalue weighted by atomic mass is 10.1. The SMILES string of the molecule is COC(=O)OC(C#CCOCc1ccccc1)c1ccc(OC)cc1. The minimum absolute atomic E-state index is 0.228. The second-order valence-electron chi connectivity index (χ2n) is 5.02. The molecule has 25 heavy (non-hydrogen) atoms. The molecule has 0 bridgehead atoms. The van der Waals surface area contributed by atoms with Crippen LogP contribution in [0.1, 0.15) is 17.2 Å². The first-order valence-electron chi connectivity index (χ1n) is 7.71. The summed E-state index contributed by atoms with van der Waals surface area (Å²) in [6.07, 6.45) is -1.53. The Balaban J connectivity index is 1.97. The summed E-state index contributed by atoms with van der Waals surface area (Å²) in [6, 6.07) is 16.9. The van der Waals surface area contributed by atoms with Crippen LogP contribution in [0.25, 0.3) is 0 Å². The highest BCUT2D eigenvalue weighted by atomic mass is 16.7. The van der Waals surface area contributed by atoms with E-state index >= 15 is 0 Å². The van der Waals surface area contributed by atoms with Crippen molar-refractivity contribution >= 4 is 6.16 Å². The van der Waals surface area contributed by atoms with E-state index in [0.29, 0.717) is 12.4 Å². The predicted octanol–water partition coefficient (Wildman–Crippen LogP) is 3.74. The minimum Gasteiger partial charge on any atom is -0.497 e. The average molecular weight is 340 g/mol. The van der Waals surface area contributed by atoms with E-state index in [4.69, 9.17) is 14.2 Å². The third-order valence-electron chi connectivity index (χ3n) is 3.32. The number of benzene rings is 2. The van der Waals surface area contributed by atoms with Gasteiger partial charge < -0.3 is 18.9 Å². The van der Waals surface area contributed by atoms with Crippen molar-refractivity contribution in [3.05, 3.63) is 65.7 Å². The van der Waals surface area contributed by atoms with Gasteiger partial charge >= 0.3 is 6.16 Å². The molecule has 2 aromatic rings. The molecule has 0 radical (unpaired) electrons. The molecule has 0 aromatic heterocycles. The summed E-state index contributed by atoms with van der Waals surface area (Å²) < 4.78 is 20.4. The Morgan fingerprint density at radius 1 is 1.04 bits per heavy atom. The van der Waals surface area contributed by atoms with E-state index in [2.05, 4.69) is 16.6 Å².